The van der Waals surface area contributed by atoms with E-state index in [0.717, 1.165) is 36.2 Å². The summed E-state index contributed by atoms with van der Waals surface area (Å²) in [4.78, 5) is 21.4. The van der Waals surface area contributed by atoms with Crippen LogP contribution in [0.15, 0.2) is 73.1 Å². The maximum absolute atomic E-state index is 12.6. The SMILES string of the molecule is CC(NC(=O)c1ccncc1)c1nc2ccccc2n1CCCCOc1ccccc1Cl. The van der Waals surface area contributed by atoms with Gasteiger partial charge in [-0.05, 0) is 56.2 Å². The van der Waals surface area contributed by atoms with Gasteiger partial charge in [-0.15, -0.1) is 0 Å². The summed E-state index contributed by atoms with van der Waals surface area (Å²) in [5.41, 5.74) is 2.55. The van der Waals surface area contributed by atoms with Gasteiger partial charge >= 0.3 is 0 Å². The molecule has 0 radical (unpaired) electrons. The molecular formula is C25H25ClN4O2. The molecule has 1 N–H and O–H groups in total. The molecule has 32 heavy (non-hydrogen) atoms. The minimum atomic E-state index is -0.248. The topological polar surface area (TPSA) is 69.0 Å². The molecule has 1 atom stereocenters. The first-order valence-corrected chi connectivity index (χ1v) is 11.0. The number of benzene rings is 2. The van der Waals surface area contributed by atoms with Crippen LogP contribution in [0.1, 0.15) is 42.0 Å². The van der Waals surface area contributed by atoms with Gasteiger partial charge in [0.25, 0.3) is 5.91 Å². The zero-order valence-electron chi connectivity index (χ0n) is 17.9. The van der Waals surface area contributed by atoms with Crippen LogP contribution in [0.3, 0.4) is 0 Å². The second-order valence-electron chi connectivity index (χ2n) is 7.53. The summed E-state index contributed by atoms with van der Waals surface area (Å²) < 4.78 is 7.99. The molecule has 2 heterocycles. The van der Waals surface area contributed by atoms with Gasteiger partial charge in [-0.3, -0.25) is 9.78 Å². The number of hydrogen-bond donors (Lipinski definition) is 1. The van der Waals surface area contributed by atoms with Gasteiger partial charge < -0.3 is 14.6 Å². The second-order valence-corrected chi connectivity index (χ2v) is 7.93. The number of para-hydroxylation sites is 3. The molecule has 0 aliphatic carbocycles. The number of imidazole rings is 1. The van der Waals surface area contributed by atoms with Crippen molar-refractivity contribution in [3.63, 3.8) is 0 Å². The van der Waals surface area contributed by atoms with E-state index in [1.54, 1.807) is 24.5 Å². The summed E-state index contributed by atoms with van der Waals surface area (Å²) in [6.45, 7) is 3.31. The summed E-state index contributed by atoms with van der Waals surface area (Å²) >= 11 is 6.15. The van der Waals surface area contributed by atoms with Crippen LogP contribution in [0.25, 0.3) is 11.0 Å². The molecule has 2 aromatic carbocycles. The van der Waals surface area contributed by atoms with E-state index in [0.29, 0.717) is 22.9 Å². The smallest absolute Gasteiger partial charge is 0.251 e. The fourth-order valence-corrected chi connectivity index (χ4v) is 3.81. The number of fused-ring (bicyclic) bond motifs is 1. The van der Waals surface area contributed by atoms with Crippen molar-refractivity contribution < 1.29 is 9.53 Å². The van der Waals surface area contributed by atoms with Crippen LogP contribution >= 0.6 is 11.6 Å². The van der Waals surface area contributed by atoms with Crippen LogP contribution in [0, 0.1) is 0 Å². The predicted octanol–water partition coefficient (Wildman–Crippen LogP) is 5.43. The lowest BCUT2D eigenvalue weighted by atomic mass is 10.2. The Bertz CT molecular complexity index is 1190. The number of hydrogen-bond acceptors (Lipinski definition) is 4. The summed E-state index contributed by atoms with van der Waals surface area (Å²) in [5, 5.41) is 3.67. The van der Waals surface area contributed by atoms with Gasteiger partial charge in [0.1, 0.15) is 11.6 Å². The first-order valence-electron chi connectivity index (χ1n) is 10.7. The van der Waals surface area contributed by atoms with Gasteiger partial charge in [0, 0.05) is 24.5 Å². The third kappa shape index (κ3) is 5.08. The Morgan fingerprint density at radius 3 is 2.62 bits per heavy atom. The summed E-state index contributed by atoms with van der Waals surface area (Å²) in [6, 6.07) is 18.7. The Labute approximate surface area is 192 Å². The van der Waals surface area contributed by atoms with Crippen LogP contribution in [0.5, 0.6) is 5.75 Å². The van der Waals surface area contributed by atoms with Crippen molar-refractivity contribution in [1.82, 2.24) is 19.9 Å². The average Bonchev–Trinajstić information content (AvgIpc) is 3.19. The highest BCUT2D eigenvalue weighted by Gasteiger charge is 2.19. The second kappa shape index (κ2) is 10.3. The van der Waals surface area contributed by atoms with E-state index in [1.165, 1.54) is 0 Å². The number of unbranched alkanes of at least 4 members (excludes halogenated alkanes) is 1. The largest absolute Gasteiger partial charge is 0.492 e. The number of carbonyl (C=O) groups is 1. The number of amides is 1. The molecule has 0 saturated heterocycles. The number of carbonyl (C=O) groups excluding carboxylic acids is 1. The Kier molecular flexibility index (Phi) is 7.02. The molecule has 0 aliphatic rings. The van der Waals surface area contributed by atoms with Crippen LogP contribution in [0.4, 0.5) is 0 Å². The van der Waals surface area contributed by atoms with Crippen LogP contribution < -0.4 is 10.1 Å². The molecule has 1 amide bonds. The zero-order valence-corrected chi connectivity index (χ0v) is 18.6. The Hall–Kier alpha value is -3.38. The van der Waals surface area contributed by atoms with Gasteiger partial charge in [0.15, 0.2) is 0 Å². The van der Waals surface area contributed by atoms with Gasteiger partial charge in [0.2, 0.25) is 0 Å². The van der Waals surface area contributed by atoms with E-state index in [4.69, 9.17) is 21.3 Å². The first-order chi connectivity index (χ1) is 15.6. The highest BCUT2D eigenvalue weighted by atomic mass is 35.5. The lowest BCUT2D eigenvalue weighted by Crippen LogP contribution is -2.28. The van der Waals surface area contributed by atoms with Gasteiger partial charge in [0.05, 0.1) is 28.7 Å². The average molecular weight is 449 g/mol. The number of pyridine rings is 1. The van der Waals surface area contributed by atoms with Crippen molar-refractivity contribution in [3.05, 3.63) is 89.5 Å². The highest BCUT2D eigenvalue weighted by Crippen LogP contribution is 2.24. The number of rotatable bonds is 9. The predicted molar refractivity (Wildman–Crippen MR) is 126 cm³/mol. The van der Waals surface area contributed by atoms with Gasteiger partial charge in [-0.25, -0.2) is 4.98 Å². The molecule has 1 unspecified atom stereocenters. The molecule has 2 aromatic heterocycles. The normalized spacial score (nSPS) is 11.9. The number of nitrogens with one attached hydrogen (secondary N) is 1. The van der Waals surface area contributed by atoms with E-state index in [2.05, 4.69) is 20.9 Å². The van der Waals surface area contributed by atoms with Gasteiger partial charge in [-0.2, -0.15) is 0 Å². The van der Waals surface area contributed by atoms with Crippen LogP contribution in [-0.4, -0.2) is 27.0 Å². The zero-order chi connectivity index (χ0) is 22.3. The summed E-state index contributed by atoms with van der Waals surface area (Å²) in [6.07, 6.45) is 5.00. The maximum Gasteiger partial charge on any atom is 0.251 e. The highest BCUT2D eigenvalue weighted by molar-refractivity contribution is 6.32. The maximum atomic E-state index is 12.6. The molecule has 4 rings (SSSR count). The molecule has 0 spiro atoms. The van der Waals surface area contributed by atoms with Crippen molar-refractivity contribution in [2.75, 3.05) is 6.61 Å². The van der Waals surface area contributed by atoms with E-state index < -0.39 is 0 Å². The van der Waals surface area contributed by atoms with Crippen molar-refractivity contribution in [1.29, 1.82) is 0 Å². The number of ether oxygens (including phenoxy) is 1. The number of halogens is 1. The van der Waals surface area contributed by atoms with E-state index in [1.807, 2.05) is 49.4 Å². The van der Waals surface area contributed by atoms with E-state index >= 15 is 0 Å². The van der Waals surface area contributed by atoms with Crippen LogP contribution in [0.2, 0.25) is 5.02 Å². The molecule has 164 valence electrons. The molecule has 4 aromatic rings. The monoisotopic (exact) mass is 448 g/mol. The Morgan fingerprint density at radius 1 is 1.06 bits per heavy atom. The number of aryl methyl sites for hydroxylation is 1. The minimum absolute atomic E-state index is 0.147. The molecular weight excluding hydrogens is 424 g/mol. The molecule has 0 fully saturated rings. The lowest BCUT2D eigenvalue weighted by Gasteiger charge is -2.16. The third-order valence-electron chi connectivity index (χ3n) is 5.23. The fraction of sp³-hybridized carbons (Fsp3) is 0.240. The summed E-state index contributed by atoms with van der Waals surface area (Å²) in [7, 11) is 0. The van der Waals surface area contributed by atoms with Gasteiger partial charge in [-0.1, -0.05) is 35.9 Å². The minimum Gasteiger partial charge on any atom is -0.492 e. The quantitative estimate of drug-likeness (QED) is 0.346. The standard InChI is InChI=1S/C25H25ClN4O2/c1-18(28-25(31)19-12-14-27-15-13-19)24-29-21-9-3-4-10-22(21)30(24)16-6-7-17-32-23-11-5-2-8-20(23)26/h2-5,8-15,18H,6-7,16-17H2,1H3,(H,28,31). The molecule has 0 bridgehead atoms. The van der Waals surface area contributed by atoms with Crippen LogP contribution in [-0.2, 0) is 6.54 Å². The first kappa shape index (κ1) is 21.8. The molecule has 6 nitrogen and oxygen atoms in total. The lowest BCUT2D eigenvalue weighted by molar-refractivity contribution is 0.0937. The van der Waals surface area contributed by atoms with E-state index in [-0.39, 0.29) is 11.9 Å². The molecule has 0 saturated carbocycles. The molecule has 7 heteroatoms. The Balaban J connectivity index is 1.43. The molecule has 0 aliphatic heterocycles. The summed E-state index contributed by atoms with van der Waals surface area (Å²) in [5.74, 6) is 1.39. The van der Waals surface area contributed by atoms with Crippen molar-refractivity contribution in [2.45, 2.75) is 32.4 Å². The van der Waals surface area contributed by atoms with Crippen molar-refractivity contribution in [3.8, 4) is 5.75 Å². The number of nitrogens with zero attached hydrogens (tertiary/aromatic N) is 3. The number of aromatic nitrogens is 3. The van der Waals surface area contributed by atoms with Crippen molar-refractivity contribution in [2.24, 2.45) is 0 Å². The van der Waals surface area contributed by atoms with E-state index in [9.17, 15) is 4.79 Å². The Morgan fingerprint density at radius 2 is 1.81 bits per heavy atom. The fourth-order valence-electron chi connectivity index (χ4n) is 3.62. The third-order valence-corrected chi connectivity index (χ3v) is 5.54. The van der Waals surface area contributed by atoms with Crippen molar-refractivity contribution >= 4 is 28.5 Å².